The summed E-state index contributed by atoms with van der Waals surface area (Å²) in [6.07, 6.45) is 0.561. The fourth-order valence-corrected chi connectivity index (χ4v) is 1.93. The summed E-state index contributed by atoms with van der Waals surface area (Å²) < 4.78 is 0. The molecule has 0 aromatic heterocycles. The minimum atomic E-state index is -1.10. The molecule has 0 unspecified atom stereocenters. The van der Waals surface area contributed by atoms with Gasteiger partial charge in [0.25, 0.3) is 0 Å². The Labute approximate surface area is 132 Å². The van der Waals surface area contributed by atoms with Crippen LogP contribution in [0, 0.1) is 0 Å². The predicted octanol–water partition coefficient (Wildman–Crippen LogP) is 0.934. The number of carboxylic acids is 1. The Kier molecular flexibility index (Phi) is 27.2. The zero-order chi connectivity index (χ0) is 18.6. The molecule has 0 spiro atoms. The van der Waals surface area contributed by atoms with Crippen molar-refractivity contribution in [3.05, 3.63) is 0 Å². The van der Waals surface area contributed by atoms with E-state index in [0.717, 1.165) is 6.04 Å². The lowest BCUT2D eigenvalue weighted by molar-refractivity contribution is -0.137. The number of carboxylic acid groups (broad SMARTS) is 1. The third-order valence-corrected chi connectivity index (χ3v) is 3.76. The van der Waals surface area contributed by atoms with E-state index >= 15 is 0 Å². The molecule has 2 amide bonds. The van der Waals surface area contributed by atoms with E-state index in [1.807, 2.05) is 20.4 Å². The minimum absolute atomic E-state index is 0.0924. The summed E-state index contributed by atoms with van der Waals surface area (Å²) in [5, 5.41) is 13.8. The van der Waals surface area contributed by atoms with Gasteiger partial charge in [-0.15, -0.1) is 0 Å². The lowest BCUT2D eigenvalue weighted by Crippen LogP contribution is -2.38. The zero-order valence-corrected chi connectivity index (χ0v) is 14.6. The number of carbonyl (C=O) groups is 5. The van der Waals surface area contributed by atoms with E-state index < -0.39 is 14.0 Å². The molecule has 0 heterocycles. The maximum Gasteiger partial charge on any atom is 0.314 e. The summed E-state index contributed by atoms with van der Waals surface area (Å²) in [7, 11) is -1.10. The molecule has 0 saturated heterocycles. The van der Waals surface area contributed by atoms with Crippen LogP contribution in [0.1, 0.15) is 12.8 Å². The number of amides is 2. The van der Waals surface area contributed by atoms with E-state index in [4.69, 9.17) is 19.5 Å². The number of hydrogen-bond donors (Lipinski definition) is 3. The van der Waals surface area contributed by atoms with E-state index in [2.05, 4.69) is 30.3 Å². The second-order valence-electron chi connectivity index (χ2n) is 4.99. The molecule has 130 valence electrons. The highest BCUT2D eigenvalue weighted by Gasteiger charge is 2.12. The average molecular weight is 336 g/mol. The van der Waals surface area contributed by atoms with Crippen molar-refractivity contribution >= 4 is 40.4 Å². The summed E-state index contributed by atoms with van der Waals surface area (Å²) in [6, 6.07) is 0.846. The third-order valence-electron chi connectivity index (χ3n) is 2.01. The molecule has 0 aliphatic rings. The lowest BCUT2D eigenvalue weighted by atomic mass is 10.3. The van der Waals surface area contributed by atoms with Crippen LogP contribution in [0.5, 0.6) is 0 Å². The van der Waals surface area contributed by atoms with Gasteiger partial charge in [-0.1, -0.05) is 19.6 Å². The van der Waals surface area contributed by atoms with Gasteiger partial charge >= 0.3 is 12.0 Å². The predicted molar refractivity (Wildman–Crippen MR) is 87.8 cm³/mol. The molecule has 0 aliphatic heterocycles. The molecule has 0 aliphatic carbocycles. The molecule has 22 heavy (non-hydrogen) atoms. The van der Waals surface area contributed by atoms with Crippen molar-refractivity contribution in [2.45, 2.75) is 38.5 Å². The van der Waals surface area contributed by atoms with E-state index in [1.165, 1.54) is 0 Å². The summed E-state index contributed by atoms with van der Waals surface area (Å²) in [4.78, 5) is 45.4. The van der Waals surface area contributed by atoms with Crippen LogP contribution in [0.2, 0.25) is 25.7 Å². The Morgan fingerprint density at radius 2 is 1.32 bits per heavy atom. The zero-order valence-electron chi connectivity index (χ0n) is 13.6. The van der Waals surface area contributed by atoms with Crippen LogP contribution in [-0.2, 0) is 19.2 Å². The number of rotatable bonds is 7. The second kappa shape index (κ2) is 21.3. The Morgan fingerprint density at radius 3 is 1.68 bits per heavy atom. The monoisotopic (exact) mass is 336 g/mol. The van der Waals surface area contributed by atoms with Gasteiger partial charge in [-0.25, -0.2) is 4.79 Å². The van der Waals surface area contributed by atoms with Crippen molar-refractivity contribution in [3.8, 4) is 0 Å². The first-order chi connectivity index (χ1) is 10.3. The molecule has 0 saturated carbocycles. The molecule has 0 atom stereocenters. The van der Waals surface area contributed by atoms with Crippen LogP contribution in [0.4, 0.5) is 4.79 Å². The first kappa shape index (κ1) is 28.2. The average Bonchev–Trinajstić information content (AvgIpc) is 2.48. The molecule has 0 radical (unpaired) electrons. The highest BCUT2D eigenvalue weighted by atomic mass is 28.3. The van der Waals surface area contributed by atoms with Crippen LogP contribution in [0.25, 0.3) is 0 Å². The SMILES string of the molecule is C=O.C=O.C=O.C[Si](C)(C)CCNC(=O)NCCCC(=O)O. The van der Waals surface area contributed by atoms with Crippen LogP contribution >= 0.6 is 0 Å². The largest absolute Gasteiger partial charge is 0.481 e. The van der Waals surface area contributed by atoms with Crippen LogP contribution in [0.15, 0.2) is 0 Å². The van der Waals surface area contributed by atoms with Crippen molar-refractivity contribution in [1.29, 1.82) is 0 Å². The third kappa shape index (κ3) is 36.1. The maximum atomic E-state index is 11.2. The molecule has 3 N–H and O–H groups in total. The van der Waals surface area contributed by atoms with Crippen molar-refractivity contribution in [2.24, 2.45) is 0 Å². The summed E-state index contributed by atoms with van der Waals surface area (Å²) >= 11 is 0. The molecule has 0 aromatic carbocycles. The van der Waals surface area contributed by atoms with Gasteiger partial charge < -0.3 is 30.1 Å². The first-order valence-electron chi connectivity index (χ1n) is 6.41. The first-order valence-corrected chi connectivity index (χ1v) is 10.1. The molecule has 0 aromatic rings. The van der Waals surface area contributed by atoms with Crippen molar-refractivity contribution < 1.29 is 29.1 Å². The van der Waals surface area contributed by atoms with E-state index in [-0.39, 0.29) is 12.5 Å². The van der Waals surface area contributed by atoms with Gasteiger partial charge in [-0.05, 0) is 12.5 Å². The van der Waals surface area contributed by atoms with Crippen molar-refractivity contribution in [2.75, 3.05) is 13.1 Å². The van der Waals surface area contributed by atoms with E-state index in [9.17, 15) is 9.59 Å². The highest BCUT2D eigenvalue weighted by Crippen LogP contribution is 2.05. The Morgan fingerprint density at radius 1 is 0.909 bits per heavy atom. The number of nitrogens with one attached hydrogen (secondary N) is 2. The standard InChI is InChI=1S/C10H22N2O3Si.3CH2O/c1-16(2,3)8-7-12-10(15)11-6-4-5-9(13)14;3*1-2/h4-8H2,1-3H3,(H,13,14)(H2,11,12,15);3*1H2. The lowest BCUT2D eigenvalue weighted by Gasteiger charge is -2.15. The minimum Gasteiger partial charge on any atom is -0.481 e. The van der Waals surface area contributed by atoms with Crippen molar-refractivity contribution in [1.82, 2.24) is 10.6 Å². The molecule has 0 rings (SSSR count). The quantitative estimate of drug-likeness (QED) is 0.468. The molecule has 8 nitrogen and oxygen atoms in total. The van der Waals surface area contributed by atoms with Gasteiger partial charge in [0.2, 0.25) is 0 Å². The Bertz CT molecular complexity index is 279. The van der Waals surface area contributed by atoms with E-state index in [0.29, 0.717) is 19.5 Å². The van der Waals surface area contributed by atoms with Gasteiger partial charge in [-0.3, -0.25) is 4.79 Å². The van der Waals surface area contributed by atoms with Crippen LogP contribution in [0.3, 0.4) is 0 Å². The fourth-order valence-electron chi connectivity index (χ4n) is 1.06. The van der Waals surface area contributed by atoms with Gasteiger partial charge in [0, 0.05) is 27.6 Å². The summed E-state index contributed by atoms with van der Waals surface area (Å²) in [5.74, 6) is -0.832. The van der Waals surface area contributed by atoms with Gasteiger partial charge in [0.15, 0.2) is 0 Å². The Hall–Kier alpha value is -2.03. The Balaban J connectivity index is -0.000000238. The molecule has 0 bridgehead atoms. The summed E-state index contributed by atoms with van der Waals surface area (Å²) in [5.41, 5.74) is 0. The highest BCUT2D eigenvalue weighted by molar-refractivity contribution is 6.76. The molecule has 9 heteroatoms. The summed E-state index contributed by atoms with van der Waals surface area (Å²) in [6.45, 7) is 13.9. The maximum absolute atomic E-state index is 11.2. The number of hydrogen-bond acceptors (Lipinski definition) is 5. The van der Waals surface area contributed by atoms with Crippen molar-refractivity contribution in [3.63, 3.8) is 0 Å². The van der Waals surface area contributed by atoms with Gasteiger partial charge in [0.05, 0.1) is 0 Å². The van der Waals surface area contributed by atoms with Crippen LogP contribution in [-0.4, -0.2) is 58.6 Å². The number of aliphatic carboxylic acids is 1. The normalized spacial score (nSPS) is 8.50. The van der Waals surface area contributed by atoms with Gasteiger partial charge in [0.1, 0.15) is 20.4 Å². The molecule has 0 fully saturated rings. The van der Waals surface area contributed by atoms with E-state index in [1.54, 1.807) is 0 Å². The number of urea groups is 1. The molecular formula is C13H28N2O6Si. The molecular weight excluding hydrogens is 308 g/mol. The fraction of sp³-hybridized carbons (Fsp3) is 0.615. The van der Waals surface area contributed by atoms with Crippen LogP contribution < -0.4 is 10.6 Å². The topological polar surface area (TPSA) is 130 Å². The smallest absolute Gasteiger partial charge is 0.314 e. The number of carbonyl (C=O) groups excluding carboxylic acids is 4. The van der Waals surface area contributed by atoms with Gasteiger partial charge in [-0.2, -0.15) is 0 Å². The second-order valence-corrected chi connectivity index (χ2v) is 10.6.